The van der Waals surface area contributed by atoms with Crippen molar-refractivity contribution in [1.29, 1.82) is 5.26 Å². The fourth-order valence-electron chi connectivity index (χ4n) is 3.57. The van der Waals surface area contributed by atoms with Crippen LogP contribution in [0.1, 0.15) is 35.8 Å². The Morgan fingerprint density at radius 2 is 2.08 bits per heavy atom. The normalized spacial score (nSPS) is 16.1. The van der Waals surface area contributed by atoms with Gasteiger partial charge in [-0.15, -0.1) is 11.3 Å². The van der Waals surface area contributed by atoms with Crippen LogP contribution in [-0.4, -0.2) is 0 Å². The van der Waals surface area contributed by atoms with Gasteiger partial charge in [-0.3, -0.25) is 4.79 Å². The second-order valence-corrected chi connectivity index (χ2v) is 7.89. The van der Waals surface area contributed by atoms with Gasteiger partial charge in [-0.05, 0) is 61.6 Å². The van der Waals surface area contributed by atoms with E-state index in [1.165, 1.54) is 4.88 Å². The second kappa shape index (κ2) is 6.93. The molecule has 130 valence electrons. The molecule has 4 rings (SSSR count). The highest BCUT2D eigenvalue weighted by Crippen LogP contribution is 2.34. The summed E-state index contributed by atoms with van der Waals surface area (Å²) in [7, 11) is 0. The third kappa shape index (κ3) is 3.11. The molecule has 0 bridgehead atoms. The standard InChI is InChI=1S/C22H19NO2S/c1-2-14-6-8-18-20(11-14)26-21-12-17(7-9-19(21)22(18)24)25-16-5-3-4-15(10-16)13-23/h3-5,7,9-10,12,14H,2,6,8,11H2,1H3. The van der Waals surface area contributed by atoms with Crippen LogP contribution in [0.4, 0.5) is 0 Å². The quantitative estimate of drug-likeness (QED) is 0.624. The summed E-state index contributed by atoms with van der Waals surface area (Å²) >= 11 is 1.72. The van der Waals surface area contributed by atoms with Crippen molar-refractivity contribution in [2.75, 3.05) is 0 Å². The predicted octanol–water partition coefficient (Wildman–Crippen LogP) is 5.44. The second-order valence-electron chi connectivity index (χ2n) is 6.75. The van der Waals surface area contributed by atoms with E-state index in [9.17, 15) is 4.79 Å². The third-order valence-corrected chi connectivity index (χ3v) is 6.31. The van der Waals surface area contributed by atoms with E-state index >= 15 is 0 Å². The topological polar surface area (TPSA) is 50.1 Å². The molecule has 0 aliphatic heterocycles. The molecule has 1 aromatic heterocycles. The fraction of sp³-hybridized carbons (Fsp3) is 0.273. The van der Waals surface area contributed by atoms with E-state index in [1.54, 1.807) is 29.5 Å². The smallest absolute Gasteiger partial charge is 0.191 e. The summed E-state index contributed by atoms with van der Waals surface area (Å²) in [5.41, 5.74) is 1.76. The van der Waals surface area contributed by atoms with E-state index in [4.69, 9.17) is 10.00 Å². The summed E-state index contributed by atoms with van der Waals surface area (Å²) in [4.78, 5) is 14.1. The molecule has 1 unspecified atom stereocenters. The third-order valence-electron chi connectivity index (χ3n) is 5.09. The van der Waals surface area contributed by atoms with Gasteiger partial charge in [-0.25, -0.2) is 0 Å². The number of fused-ring (bicyclic) bond motifs is 2. The summed E-state index contributed by atoms with van der Waals surface area (Å²) in [6, 6.07) is 14.8. The molecule has 1 aliphatic rings. The molecule has 0 radical (unpaired) electrons. The van der Waals surface area contributed by atoms with Crippen LogP contribution < -0.4 is 10.2 Å². The van der Waals surface area contributed by atoms with Crippen molar-refractivity contribution in [3.05, 3.63) is 68.7 Å². The molecular weight excluding hydrogens is 342 g/mol. The van der Waals surface area contributed by atoms with Gasteiger partial charge in [0.2, 0.25) is 0 Å². The first-order valence-electron chi connectivity index (χ1n) is 8.94. The minimum absolute atomic E-state index is 0.182. The molecule has 1 aliphatic carbocycles. The van der Waals surface area contributed by atoms with Crippen LogP contribution in [0.3, 0.4) is 0 Å². The fourth-order valence-corrected chi connectivity index (χ4v) is 4.91. The van der Waals surface area contributed by atoms with Crippen LogP contribution in [0, 0.1) is 17.2 Å². The first kappa shape index (κ1) is 16.8. The van der Waals surface area contributed by atoms with Crippen molar-refractivity contribution in [3.8, 4) is 17.6 Å². The number of nitrogens with zero attached hydrogens (tertiary/aromatic N) is 1. The molecule has 0 N–H and O–H groups in total. The van der Waals surface area contributed by atoms with Gasteiger partial charge in [0.15, 0.2) is 5.43 Å². The molecular formula is C22H19NO2S. The Hall–Kier alpha value is -2.64. The molecule has 2 aromatic carbocycles. The van der Waals surface area contributed by atoms with Gasteiger partial charge in [-0.1, -0.05) is 19.4 Å². The SMILES string of the molecule is CCC1CCc2c(sc3cc(Oc4cccc(C#N)c4)ccc3c2=O)C1. The number of rotatable bonds is 3. The van der Waals surface area contributed by atoms with Gasteiger partial charge >= 0.3 is 0 Å². The monoisotopic (exact) mass is 361 g/mol. The summed E-state index contributed by atoms with van der Waals surface area (Å²) in [5, 5.41) is 9.80. The van der Waals surface area contributed by atoms with Gasteiger partial charge in [0.1, 0.15) is 11.5 Å². The minimum atomic E-state index is 0.182. The Bertz CT molecular complexity index is 1080. The number of ether oxygens (including phenoxy) is 1. The van der Waals surface area contributed by atoms with Gasteiger partial charge in [0.05, 0.1) is 11.6 Å². The van der Waals surface area contributed by atoms with Gasteiger partial charge in [0, 0.05) is 20.5 Å². The van der Waals surface area contributed by atoms with Gasteiger partial charge in [0.25, 0.3) is 0 Å². The molecule has 3 nitrogen and oxygen atoms in total. The van der Waals surface area contributed by atoms with Crippen molar-refractivity contribution in [3.63, 3.8) is 0 Å². The number of benzene rings is 2. The highest BCUT2D eigenvalue weighted by molar-refractivity contribution is 7.18. The summed E-state index contributed by atoms with van der Waals surface area (Å²) in [6.07, 6.45) is 4.19. The lowest BCUT2D eigenvalue weighted by Crippen LogP contribution is -2.20. The minimum Gasteiger partial charge on any atom is -0.457 e. The van der Waals surface area contributed by atoms with Gasteiger partial charge < -0.3 is 4.74 Å². The number of hydrogen-bond donors (Lipinski definition) is 0. The van der Waals surface area contributed by atoms with Crippen molar-refractivity contribution >= 4 is 21.4 Å². The number of nitriles is 1. The van der Waals surface area contributed by atoms with E-state index in [-0.39, 0.29) is 5.43 Å². The summed E-state index contributed by atoms with van der Waals surface area (Å²) in [6.45, 7) is 2.22. The molecule has 26 heavy (non-hydrogen) atoms. The van der Waals surface area contributed by atoms with Crippen LogP contribution in [-0.2, 0) is 12.8 Å². The Balaban J connectivity index is 1.73. The maximum atomic E-state index is 12.9. The van der Waals surface area contributed by atoms with E-state index in [2.05, 4.69) is 13.0 Å². The van der Waals surface area contributed by atoms with Crippen LogP contribution in [0.15, 0.2) is 47.3 Å². The number of hydrogen-bond acceptors (Lipinski definition) is 4. The lowest BCUT2D eigenvalue weighted by molar-refractivity contribution is 0.448. The van der Waals surface area contributed by atoms with Crippen molar-refractivity contribution in [1.82, 2.24) is 0 Å². The zero-order valence-electron chi connectivity index (χ0n) is 14.6. The summed E-state index contributed by atoms with van der Waals surface area (Å²) in [5.74, 6) is 1.99. The maximum absolute atomic E-state index is 12.9. The molecule has 1 atom stereocenters. The molecule has 0 spiro atoms. The first-order chi connectivity index (χ1) is 12.7. The maximum Gasteiger partial charge on any atom is 0.191 e. The average Bonchev–Trinajstić information content (AvgIpc) is 2.67. The largest absolute Gasteiger partial charge is 0.457 e. The Kier molecular flexibility index (Phi) is 4.48. The van der Waals surface area contributed by atoms with Crippen LogP contribution in [0.2, 0.25) is 0 Å². The zero-order valence-corrected chi connectivity index (χ0v) is 15.4. The molecule has 0 saturated heterocycles. The lowest BCUT2D eigenvalue weighted by Gasteiger charge is -2.22. The van der Waals surface area contributed by atoms with Crippen molar-refractivity contribution < 1.29 is 4.74 Å². The van der Waals surface area contributed by atoms with Crippen molar-refractivity contribution in [2.45, 2.75) is 32.6 Å². The van der Waals surface area contributed by atoms with E-state index < -0.39 is 0 Å². The highest BCUT2D eigenvalue weighted by atomic mass is 32.1. The Labute approximate surface area is 156 Å². The van der Waals surface area contributed by atoms with Crippen molar-refractivity contribution in [2.24, 2.45) is 5.92 Å². The highest BCUT2D eigenvalue weighted by Gasteiger charge is 2.21. The molecule has 0 saturated carbocycles. The molecule has 0 amide bonds. The zero-order chi connectivity index (χ0) is 18.1. The molecule has 3 aromatic rings. The van der Waals surface area contributed by atoms with E-state index in [1.807, 2.05) is 24.3 Å². The first-order valence-corrected chi connectivity index (χ1v) is 9.76. The Morgan fingerprint density at radius 1 is 1.23 bits per heavy atom. The van der Waals surface area contributed by atoms with Gasteiger partial charge in [-0.2, -0.15) is 5.26 Å². The van der Waals surface area contributed by atoms with Crippen LogP contribution in [0.25, 0.3) is 10.1 Å². The van der Waals surface area contributed by atoms with Crippen LogP contribution >= 0.6 is 11.3 Å². The van der Waals surface area contributed by atoms with Crippen LogP contribution in [0.5, 0.6) is 11.5 Å². The van der Waals surface area contributed by atoms with E-state index in [0.717, 1.165) is 41.3 Å². The Morgan fingerprint density at radius 3 is 2.88 bits per heavy atom. The lowest BCUT2D eigenvalue weighted by atomic mass is 9.87. The average molecular weight is 361 g/mol. The molecule has 4 heteroatoms. The predicted molar refractivity (Wildman–Crippen MR) is 105 cm³/mol. The van der Waals surface area contributed by atoms with E-state index in [0.29, 0.717) is 23.0 Å². The molecule has 0 fully saturated rings. The molecule has 1 heterocycles. The summed E-state index contributed by atoms with van der Waals surface area (Å²) < 4.78 is 6.88.